The number of rotatable bonds is 13. The number of amides is 1. The lowest BCUT2D eigenvalue weighted by atomic mass is 9.82. The Kier molecular flexibility index (Phi) is 10.6. The van der Waals surface area contributed by atoms with Gasteiger partial charge >= 0.3 is 0 Å². The number of hydrogen-bond acceptors (Lipinski definition) is 6. The first-order valence-electron chi connectivity index (χ1n) is 15.7. The Hall–Kier alpha value is -4.83. The monoisotopic (exact) mass is 707 g/mol. The zero-order valence-corrected chi connectivity index (χ0v) is 27.7. The number of halogens is 2. The molecule has 48 heavy (non-hydrogen) atoms. The molecular weight excluding hydrogens is 673 g/mol. The van der Waals surface area contributed by atoms with Gasteiger partial charge < -0.3 is 14.6 Å². The normalized spacial score (nSPS) is 17.0. The van der Waals surface area contributed by atoms with Crippen LogP contribution in [0.4, 0.5) is 4.39 Å². The fourth-order valence-electron chi connectivity index (χ4n) is 5.66. The molecule has 1 amide bonds. The lowest BCUT2D eigenvalue weighted by Crippen LogP contribution is -2.53. The number of aliphatic hydroxyl groups is 1. The number of benzene rings is 5. The van der Waals surface area contributed by atoms with Crippen molar-refractivity contribution in [3.63, 3.8) is 0 Å². The number of hydrazine groups is 1. The maximum Gasteiger partial charge on any atom is 0.266 e. The molecule has 2 atom stereocenters. The van der Waals surface area contributed by atoms with Gasteiger partial charge in [-0.25, -0.2) is 14.8 Å². The number of carbonyl (C=O) groups excluding carboxylic acids is 1. The summed E-state index contributed by atoms with van der Waals surface area (Å²) >= 11 is 3.51. The zero-order valence-electron chi connectivity index (χ0n) is 26.1. The van der Waals surface area contributed by atoms with Crippen molar-refractivity contribution in [2.24, 2.45) is 4.99 Å². The molecular formula is C39H35BrFN3O4. The van der Waals surface area contributed by atoms with Crippen LogP contribution < -0.4 is 15.6 Å². The first kappa shape index (κ1) is 33.1. The van der Waals surface area contributed by atoms with Crippen molar-refractivity contribution in [3.8, 4) is 16.9 Å². The van der Waals surface area contributed by atoms with Gasteiger partial charge in [0.2, 0.25) is 5.90 Å². The van der Waals surface area contributed by atoms with Crippen molar-refractivity contribution in [1.29, 1.82) is 0 Å². The van der Waals surface area contributed by atoms with Crippen LogP contribution in [-0.2, 0) is 22.5 Å². The zero-order chi connectivity index (χ0) is 33.3. The number of ether oxygens (including phenoxy) is 2. The molecule has 0 saturated carbocycles. The van der Waals surface area contributed by atoms with E-state index in [1.165, 1.54) is 12.1 Å². The third-order valence-corrected chi connectivity index (χ3v) is 8.65. The van der Waals surface area contributed by atoms with Crippen molar-refractivity contribution < 1.29 is 23.8 Å². The Labute approximate surface area is 287 Å². The van der Waals surface area contributed by atoms with E-state index in [-0.39, 0.29) is 25.4 Å². The molecule has 1 aliphatic rings. The summed E-state index contributed by atoms with van der Waals surface area (Å²) in [5.74, 6) is 0.234. The van der Waals surface area contributed by atoms with Crippen molar-refractivity contribution in [2.45, 2.75) is 31.0 Å². The first-order chi connectivity index (χ1) is 23.4. The molecule has 7 nitrogen and oxygen atoms in total. The van der Waals surface area contributed by atoms with Gasteiger partial charge in [0.05, 0.1) is 6.61 Å². The predicted octanol–water partition coefficient (Wildman–Crippen LogP) is 7.34. The molecule has 0 unspecified atom stereocenters. The molecule has 6 rings (SSSR count). The summed E-state index contributed by atoms with van der Waals surface area (Å²) in [5, 5.41) is 9.09. The van der Waals surface area contributed by atoms with Crippen LogP contribution >= 0.6 is 15.9 Å². The Morgan fingerprint density at radius 3 is 2.27 bits per heavy atom. The maximum atomic E-state index is 14.5. The van der Waals surface area contributed by atoms with Gasteiger partial charge in [0.1, 0.15) is 11.6 Å². The molecule has 5 aromatic carbocycles. The smallest absolute Gasteiger partial charge is 0.266 e. The average molecular weight is 709 g/mol. The van der Waals surface area contributed by atoms with Gasteiger partial charge in [-0.1, -0.05) is 94.8 Å². The minimum Gasteiger partial charge on any atom is -0.494 e. The Morgan fingerprint density at radius 1 is 0.854 bits per heavy atom. The van der Waals surface area contributed by atoms with Gasteiger partial charge in [-0.3, -0.25) is 10.2 Å². The van der Waals surface area contributed by atoms with Crippen molar-refractivity contribution in [1.82, 2.24) is 10.9 Å². The molecule has 0 aromatic heterocycles. The molecule has 0 fully saturated rings. The summed E-state index contributed by atoms with van der Waals surface area (Å²) in [7, 11) is 0. The lowest BCUT2D eigenvalue weighted by molar-refractivity contribution is -0.130. The molecule has 9 heteroatoms. The van der Waals surface area contributed by atoms with E-state index < -0.39 is 17.6 Å². The number of hydrogen-bond donors (Lipinski definition) is 3. The van der Waals surface area contributed by atoms with Gasteiger partial charge in [-0.15, -0.1) is 0 Å². The summed E-state index contributed by atoms with van der Waals surface area (Å²) in [4.78, 5) is 19.5. The highest BCUT2D eigenvalue weighted by atomic mass is 79.9. The number of aliphatic imine (C=N–C) groups is 1. The van der Waals surface area contributed by atoms with E-state index in [9.17, 15) is 9.18 Å². The quantitative estimate of drug-likeness (QED) is 0.0880. The Balaban J connectivity index is 1.37. The second kappa shape index (κ2) is 15.4. The standard InChI is InChI=1S/C39H35BrFN3O4/c40-33-18-10-27(11-19-33)25-39(38(46)44-42-26-28-6-4-9-34(41)24-28)36(31-14-12-30(13-15-31)29-7-2-1-3-8-29)48-37(43-39)32-16-20-35(21-17-32)47-23-5-22-45/h1-4,6-21,24,36,42,45H,5,22-23,25-26H2,(H,44,46)/t36-,39-/m0/s1. The van der Waals surface area contributed by atoms with Crippen molar-refractivity contribution in [3.05, 3.63) is 160 Å². The Bertz CT molecular complexity index is 1850. The third kappa shape index (κ3) is 7.82. The maximum absolute atomic E-state index is 14.5. The molecule has 0 bridgehead atoms. The molecule has 0 aliphatic carbocycles. The molecule has 244 valence electrons. The third-order valence-electron chi connectivity index (χ3n) is 8.12. The van der Waals surface area contributed by atoms with Crippen LogP contribution in [-0.4, -0.2) is 35.7 Å². The summed E-state index contributed by atoms with van der Waals surface area (Å²) in [6.45, 7) is 0.660. The van der Waals surface area contributed by atoms with Crippen LogP contribution in [0.5, 0.6) is 5.75 Å². The Morgan fingerprint density at radius 2 is 1.56 bits per heavy atom. The van der Waals surface area contributed by atoms with Crippen LogP contribution in [0.15, 0.2) is 137 Å². The van der Waals surface area contributed by atoms with Gasteiger partial charge in [-0.2, -0.15) is 0 Å². The van der Waals surface area contributed by atoms with E-state index in [1.807, 2.05) is 91.0 Å². The van der Waals surface area contributed by atoms with E-state index in [2.05, 4.69) is 38.9 Å². The molecule has 0 spiro atoms. The molecule has 0 saturated heterocycles. The van der Waals surface area contributed by atoms with Crippen LogP contribution in [0.25, 0.3) is 11.1 Å². The van der Waals surface area contributed by atoms with Crippen LogP contribution in [0.3, 0.4) is 0 Å². The summed E-state index contributed by atoms with van der Waals surface area (Å²) in [5.41, 5.74) is 9.60. The largest absolute Gasteiger partial charge is 0.494 e. The fourth-order valence-corrected chi connectivity index (χ4v) is 5.92. The summed E-state index contributed by atoms with van der Waals surface area (Å²) in [6.07, 6.45) is -0.00837. The summed E-state index contributed by atoms with van der Waals surface area (Å²) in [6, 6.07) is 39.4. The van der Waals surface area contributed by atoms with E-state index in [0.717, 1.165) is 26.7 Å². The summed E-state index contributed by atoms with van der Waals surface area (Å²) < 4.78 is 27.1. The number of nitrogens with one attached hydrogen (secondary N) is 2. The van der Waals surface area contributed by atoms with Gasteiger partial charge in [0.15, 0.2) is 11.6 Å². The number of aliphatic hydroxyl groups excluding tert-OH is 1. The number of nitrogens with zero attached hydrogens (tertiary/aromatic N) is 1. The minimum atomic E-state index is -1.41. The first-order valence-corrected chi connectivity index (χ1v) is 16.5. The van der Waals surface area contributed by atoms with Crippen LogP contribution in [0.2, 0.25) is 0 Å². The second-order valence-corrected chi connectivity index (χ2v) is 12.4. The van der Waals surface area contributed by atoms with E-state index in [0.29, 0.717) is 35.8 Å². The van der Waals surface area contributed by atoms with Gasteiger partial charge in [0.25, 0.3) is 5.91 Å². The molecule has 5 aromatic rings. The van der Waals surface area contributed by atoms with Crippen LogP contribution in [0.1, 0.15) is 34.8 Å². The molecule has 1 aliphatic heterocycles. The second-order valence-electron chi connectivity index (χ2n) is 11.5. The highest BCUT2D eigenvalue weighted by Crippen LogP contribution is 2.43. The fraction of sp³-hybridized carbons (Fsp3) is 0.179. The molecule has 0 radical (unpaired) electrons. The van der Waals surface area contributed by atoms with Crippen molar-refractivity contribution in [2.75, 3.05) is 13.2 Å². The highest BCUT2D eigenvalue weighted by Gasteiger charge is 2.53. The number of carbonyl (C=O) groups is 1. The van der Waals surface area contributed by atoms with Gasteiger partial charge in [0, 0.05) is 36.0 Å². The van der Waals surface area contributed by atoms with E-state index in [4.69, 9.17) is 19.6 Å². The van der Waals surface area contributed by atoms with Crippen molar-refractivity contribution >= 4 is 27.7 Å². The lowest BCUT2D eigenvalue weighted by Gasteiger charge is -2.31. The topological polar surface area (TPSA) is 92.2 Å². The molecule has 1 heterocycles. The average Bonchev–Trinajstić information content (AvgIpc) is 3.50. The molecule has 3 N–H and O–H groups in total. The predicted molar refractivity (Wildman–Crippen MR) is 188 cm³/mol. The minimum absolute atomic E-state index is 0.0516. The van der Waals surface area contributed by atoms with E-state index >= 15 is 0 Å². The van der Waals surface area contributed by atoms with E-state index in [1.54, 1.807) is 12.1 Å². The van der Waals surface area contributed by atoms with Crippen LogP contribution in [0, 0.1) is 5.82 Å². The SMILES string of the molecule is O=C(NNCc1cccc(F)c1)[C@@]1(Cc2ccc(Br)cc2)N=C(c2ccc(OCCCO)cc2)O[C@H]1c1ccc(-c2ccccc2)cc1. The van der Waals surface area contributed by atoms with Gasteiger partial charge in [-0.05, 0) is 76.3 Å². The highest BCUT2D eigenvalue weighted by molar-refractivity contribution is 9.10.